The van der Waals surface area contributed by atoms with Crippen LogP contribution in [0.15, 0.2) is 24.3 Å². The number of nitrogens with one attached hydrogen (secondary N) is 1. The van der Waals surface area contributed by atoms with Gasteiger partial charge in [-0.3, -0.25) is 0 Å². The van der Waals surface area contributed by atoms with E-state index in [-0.39, 0.29) is 12.1 Å². The van der Waals surface area contributed by atoms with Gasteiger partial charge >= 0.3 is 0 Å². The lowest BCUT2D eigenvalue weighted by molar-refractivity contribution is 0.123. The molecule has 0 aromatic heterocycles. The lowest BCUT2D eigenvalue weighted by Gasteiger charge is -2.19. The first-order chi connectivity index (χ1) is 8.67. The van der Waals surface area contributed by atoms with Gasteiger partial charge in [0.15, 0.2) is 0 Å². The van der Waals surface area contributed by atoms with E-state index < -0.39 is 0 Å². The van der Waals surface area contributed by atoms with Gasteiger partial charge in [-0.15, -0.1) is 0 Å². The SMILES string of the molecule is CCNC(COCC)c1ccc(OC(C)C)cc1. The van der Waals surface area contributed by atoms with Gasteiger partial charge in [0.25, 0.3) is 0 Å². The van der Waals surface area contributed by atoms with E-state index in [0.717, 1.165) is 18.9 Å². The van der Waals surface area contributed by atoms with Gasteiger partial charge in [-0.05, 0) is 45.0 Å². The Bertz CT molecular complexity index is 322. The molecule has 0 radical (unpaired) electrons. The summed E-state index contributed by atoms with van der Waals surface area (Å²) in [6, 6.07) is 8.49. The Morgan fingerprint density at radius 1 is 1.11 bits per heavy atom. The first kappa shape index (κ1) is 15.0. The highest BCUT2D eigenvalue weighted by molar-refractivity contribution is 5.29. The Kier molecular flexibility index (Phi) is 6.76. The zero-order valence-electron chi connectivity index (χ0n) is 11.9. The number of likely N-dealkylation sites (N-methyl/N-ethyl adjacent to an activating group) is 1. The molecule has 3 heteroatoms. The summed E-state index contributed by atoms with van der Waals surface area (Å²) in [5.41, 5.74) is 1.24. The first-order valence-corrected chi connectivity index (χ1v) is 6.75. The number of rotatable bonds is 8. The van der Waals surface area contributed by atoms with E-state index in [0.29, 0.717) is 6.61 Å². The third-order valence-corrected chi connectivity index (χ3v) is 2.59. The van der Waals surface area contributed by atoms with Crippen molar-refractivity contribution in [3.8, 4) is 5.75 Å². The zero-order chi connectivity index (χ0) is 13.4. The second-order valence-corrected chi connectivity index (χ2v) is 4.51. The molecule has 1 atom stereocenters. The summed E-state index contributed by atoms with van der Waals surface area (Å²) >= 11 is 0. The quantitative estimate of drug-likeness (QED) is 0.770. The van der Waals surface area contributed by atoms with Gasteiger partial charge in [0.1, 0.15) is 5.75 Å². The highest BCUT2D eigenvalue weighted by Gasteiger charge is 2.10. The fraction of sp³-hybridized carbons (Fsp3) is 0.600. The molecule has 1 rings (SSSR count). The Hall–Kier alpha value is -1.06. The number of benzene rings is 1. The lowest BCUT2D eigenvalue weighted by Crippen LogP contribution is -2.25. The molecule has 0 amide bonds. The predicted octanol–water partition coefficient (Wildman–Crippen LogP) is 3.16. The van der Waals surface area contributed by atoms with Gasteiger partial charge in [-0.25, -0.2) is 0 Å². The van der Waals surface area contributed by atoms with Gasteiger partial charge < -0.3 is 14.8 Å². The van der Waals surface area contributed by atoms with Crippen molar-refractivity contribution in [2.75, 3.05) is 19.8 Å². The maximum atomic E-state index is 5.64. The summed E-state index contributed by atoms with van der Waals surface area (Å²) in [4.78, 5) is 0. The fourth-order valence-electron chi connectivity index (χ4n) is 1.81. The number of hydrogen-bond acceptors (Lipinski definition) is 3. The van der Waals surface area contributed by atoms with E-state index in [1.165, 1.54) is 5.56 Å². The molecule has 1 N–H and O–H groups in total. The Morgan fingerprint density at radius 2 is 1.78 bits per heavy atom. The standard InChI is InChI=1S/C15H25NO2/c1-5-16-15(11-17-6-2)13-7-9-14(10-8-13)18-12(3)4/h7-10,12,15-16H,5-6,11H2,1-4H3. The van der Waals surface area contributed by atoms with E-state index in [1.807, 2.05) is 32.9 Å². The monoisotopic (exact) mass is 251 g/mol. The van der Waals surface area contributed by atoms with E-state index in [4.69, 9.17) is 9.47 Å². The molecule has 18 heavy (non-hydrogen) atoms. The molecule has 1 aromatic carbocycles. The molecule has 0 saturated carbocycles. The fourth-order valence-corrected chi connectivity index (χ4v) is 1.81. The molecular weight excluding hydrogens is 226 g/mol. The largest absolute Gasteiger partial charge is 0.491 e. The van der Waals surface area contributed by atoms with Crippen LogP contribution in [-0.4, -0.2) is 25.9 Å². The molecule has 102 valence electrons. The minimum absolute atomic E-state index is 0.212. The zero-order valence-corrected chi connectivity index (χ0v) is 11.9. The maximum Gasteiger partial charge on any atom is 0.119 e. The molecule has 0 bridgehead atoms. The van der Waals surface area contributed by atoms with E-state index in [1.54, 1.807) is 0 Å². The van der Waals surface area contributed by atoms with Crippen LogP contribution in [0.25, 0.3) is 0 Å². The van der Waals surface area contributed by atoms with Crippen LogP contribution in [0.5, 0.6) is 5.75 Å². The molecule has 3 nitrogen and oxygen atoms in total. The Labute approximate surface area is 110 Å². The average molecular weight is 251 g/mol. The van der Waals surface area contributed by atoms with Crippen molar-refractivity contribution >= 4 is 0 Å². The van der Waals surface area contributed by atoms with Crippen molar-refractivity contribution in [3.63, 3.8) is 0 Å². The molecule has 0 aliphatic heterocycles. The van der Waals surface area contributed by atoms with Crippen LogP contribution in [0.2, 0.25) is 0 Å². The van der Waals surface area contributed by atoms with Gasteiger partial charge in [0.05, 0.1) is 18.8 Å². The number of hydrogen-bond donors (Lipinski definition) is 1. The van der Waals surface area contributed by atoms with Crippen molar-refractivity contribution in [2.24, 2.45) is 0 Å². The molecule has 0 fully saturated rings. The Balaban J connectivity index is 2.67. The van der Waals surface area contributed by atoms with Crippen molar-refractivity contribution in [3.05, 3.63) is 29.8 Å². The van der Waals surface area contributed by atoms with Crippen molar-refractivity contribution in [1.82, 2.24) is 5.32 Å². The van der Waals surface area contributed by atoms with Crippen LogP contribution in [0.3, 0.4) is 0 Å². The van der Waals surface area contributed by atoms with Gasteiger partial charge in [0, 0.05) is 6.61 Å². The van der Waals surface area contributed by atoms with Crippen LogP contribution < -0.4 is 10.1 Å². The first-order valence-electron chi connectivity index (χ1n) is 6.75. The van der Waals surface area contributed by atoms with Gasteiger partial charge in [0.2, 0.25) is 0 Å². The normalized spacial score (nSPS) is 12.7. The third-order valence-electron chi connectivity index (χ3n) is 2.59. The lowest BCUT2D eigenvalue weighted by atomic mass is 10.1. The average Bonchev–Trinajstić information content (AvgIpc) is 2.35. The summed E-state index contributed by atoms with van der Waals surface area (Å²) in [6.07, 6.45) is 0.212. The van der Waals surface area contributed by atoms with Crippen molar-refractivity contribution < 1.29 is 9.47 Å². The molecule has 1 unspecified atom stereocenters. The number of ether oxygens (including phenoxy) is 2. The summed E-state index contributed by atoms with van der Waals surface area (Å²) in [7, 11) is 0. The molecular formula is C15H25NO2. The second-order valence-electron chi connectivity index (χ2n) is 4.51. The molecule has 0 saturated heterocycles. The molecule has 0 aliphatic carbocycles. The summed E-state index contributed by atoms with van der Waals surface area (Å²) in [5, 5.41) is 3.43. The van der Waals surface area contributed by atoms with Gasteiger partial charge in [-0.2, -0.15) is 0 Å². The summed E-state index contributed by atoms with van der Waals surface area (Å²) < 4.78 is 11.1. The smallest absolute Gasteiger partial charge is 0.119 e. The van der Waals surface area contributed by atoms with E-state index >= 15 is 0 Å². The van der Waals surface area contributed by atoms with Crippen LogP contribution in [0, 0.1) is 0 Å². The minimum atomic E-state index is 0.212. The molecule has 1 aromatic rings. The maximum absolute atomic E-state index is 5.64. The molecule has 0 heterocycles. The Morgan fingerprint density at radius 3 is 2.28 bits per heavy atom. The predicted molar refractivity (Wildman–Crippen MR) is 75.1 cm³/mol. The molecule has 0 aliphatic rings. The van der Waals surface area contributed by atoms with E-state index in [9.17, 15) is 0 Å². The van der Waals surface area contributed by atoms with Crippen LogP contribution in [0.1, 0.15) is 39.3 Å². The second kappa shape index (κ2) is 8.11. The van der Waals surface area contributed by atoms with Crippen LogP contribution in [0.4, 0.5) is 0 Å². The highest BCUT2D eigenvalue weighted by atomic mass is 16.5. The molecule has 0 spiro atoms. The van der Waals surface area contributed by atoms with Crippen LogP contribution >= 0.6 is 0 Å². The minimum Gasteiger partial charge on any atom is -0.491 e. The topological polar surface area (TPSA) is 30.5 Å². The van der Waals surface area contributed by atoms with Gasteiger partial charge in [-0.1, -0.05) is 19.1 Å². The summed E-state index contributed by atoms with van der Waals surface area (Å²) in [5.74, 6) is 0.917. The van der Waals surface area contributed by atoms with Crippen molar-refractivity contribution in [1.29, 1.82) is 0 Å². The third kappa shape index (κ3) is 5.07. The van der Waals surface area contributed by atoms with Crippen molar-refractivity contribution in [2.45, 2.75) is 39.8 Å². The van der Waals surface area contributed by atoms with Crippen LogP contribution in [-0.2, 0) is 4.74 Å². The highest BCUT2D eigenvalue weighted by Crippen LogP contribution is 2.19. The summed E-state index contributed by atoms with van der Waals surface area (Å²) in [6.45, 7) is 10.6. The van der Waals surface area contributed by atoms with E-state index in [2.05, 4.69) is 24.4 Å².